The third-order valence-corrected chi connectivity index (χ3v) is 3.29. The van der Waals surface area contributed by atoms with E-state index >= 15 is 0 Å². The smallest absolute Gasteiger partial charge is 0.237 e. The maximum Gasteiger partial charge on any atom is 0.237 e. The topological polar surface area (TPSA) is 76.1 Å². The fraction of sp³-hybridized carbons (Fsp3) is 0.267. The number of anilines is 1. The fourth-order valence-electron chi connectivity index (χ4n) is 2.22. The van der Waals surface area contributed by atoms with Gasteiger partial charge < -0.3 is 15.4 Å². The maximum atomic E-state index is 12.1. The van der Waals surface area contributed by atoms with Crippen LogP contribution in [0.25, 0.3) is 0 Å². The van der Waals surface area contributed by atoms with Gasteiger partial charge in [0.05, 0.1) is 12.1 Å². The standard InChI is InChI=1S/C15H16N4O2/c20-15(11-4-5-16-9-11)19-12-2-1-3-13(8-12)21-14-10-17-6-7-18-14/h1-3,6-8,10-11,16H,4-5,9H2,(H,19,20). The fourth-order valence-corrected chi connectivity index (χ4v) is 2.22. The van der Waals surface area contributed by atoms with E-state index in [1.807, 2.05) is 18.2 Å². The van der Waals surface area contributed by atoms with Crippen LogP contribution in [0.2, 0.25) is 0 Å². The molecule has 0 spiro atoms. The molecule has 2 N–H and O–H groups in total. The third-order valence-electron chi connectivity index (χ3n) is 3.29. The van der Waals surface area contributed by atoms with Gasteiger partial charge in [-0.1, -0.05) is 6.07 Å². The molecule has 6 nitrogen and oxygen atoms in total. The van der Waals surface area contributed by atoms with Crippen molar-refractivity contribution in [3.05, 3.63) is 42.9 Å². The summed E-state index contributed by atoms with van der Waals surface area (Å²) < 4.78 is 5.59. The van der Waals surface area contributed by atoms with Crippen LogP contribution in [-0.2, 0) is 4.79 Å². The van der Waals surface area contributed by atoms with Gasteiger partial charge in [0.2, 0.25) is 11.8 Å². The van der Waals surface area contributed by atoms with Gasteiger partial charge in [-0.25, -0.2) is 4.98 Å². The zero-order valence-corrected chi connectivity index (χ0v) is 11.5. The minimum atomic E-state index is 0.0366. The molecule has 1 atom stereocenters. The normalized spacial score (nSPS) is 17.4. The highest BCUT2D eigenvalue weighted by molar-refractivity contribution is 5.93. The minimum Gasteiger partial charge on any atom is -0.437 e. The number of carbonyl (C=O) groups excluding carboxylic acids is 1. The van der Waals surface area contributed by atoms with Crippen molar-refractivity contribution in [3.8, 4) is 11.6 Å². The van der Waals surface area contributed by atoms with Crippen LogP contribution in [0.5, 0.6) is 11.6 Å². The number of hydrogen-bond donors (Lipinski definition) is 2. The molecule has 1 saturated heterocycles. The van der Waals surface area contributed by atoms with Gasteiger partial charge in [-0.05, 0) is 25.1 Å². The van der Waals surface area contributed by atoms with Crippen LogP contribution in [0.15, 0.2) is 42.9 Å². The van der Waals surface area contributed by atoms with Crippen molar-refractivity contribution < 1.29 is 9.53 Å². The summed E-state index contributed by atoms with van der Waals surface area (Å²) in [6.45, 7) is 1.63. The van der Waals surface area contributed by atoms with Gasteiger partial charge >= 0.3 is 0 Å². The third kappa shape index (κ3) is 3.55. The summed E-state index contributed by atoms with van der Waals surface area (Å²) in [4.78, 5) is 20.1. The molecule has 0 aliphatic carbocycles. The molecular weight excluding hydrogens is 268 g/mol. The van der Waals surface area contributed by atoms with Crippen LogP contribution in [0.3, 0.4) is 0 Å². The van der Waals surface area contributed by atoms with Crippen LogP contribution >= 0.6 is 0 Å². The lowest BCUT2D eigenvalue weighted by Gasteiger charge is -2.11. The van der Waals surface area contributed by atoms with Crippen molar-refractivity contribution in [1.29, 1.82) is 0 Å². The number of carbonyl (C=O) groups is 1. The minimum absolute atomic E-state index is 0.0366. The first-order valence-corrected chi connectivity index (χ1v) is 6.87. The largest absolute Gasteiger partial charge is 0.437 e. The van der Waals surface area contributed by atoms with E-state index in [1.165, 1.54) is 6.20 Å². The predicted octanol–water partition coefficient (Wildman–Crippen LogP) is 1.82. The van der Waals surface area contributed by atoms with Gasteiger partial charge in [-0.2, -0.15) is 0 Å². The van der Waals surface area contributed by atoms with Crippen LogP contribution < -0.4 is 15.4 Å². The van der Waals surface area contributed by atoms with Crippen molar-refractivity contribution in [1.82, 2.24) is 15.3 Å². The van der Waals surface area contributed by atoms with Crippen LogP contribution in [0.1, 0.15) is 6.42 Å². The van der Waals surface area contributed by atoms with Crippen molar-refractivity contribution in [3.63, 3.8) is 0 Å². The van der Waals surface area contributed by atoms with E-state index in [0.717, 1.165) is 19.5 Å². The molecule has 1 amide bonds. The zero-order valence-electron chi connectivity index (χ0n) is 11.5. The van der Waals surface area contributed by atoms with E-state index in [9.17, 15) is 4.79 Å². The summed E-state index contributed by atoms with van der Waals surface area (Å²) in [7, 11) is 0. The second-order valence-electron chi connectivity index (χ2n) is 4.85. The predicted molar refractivity (Wildman–Crippen MR) is 78.2 cm³/mol. The van der Waals surface area contributed by atoms with Crippen molar-refractivity contribution in [2.75, 3.05) is 18.4 Å². The Labute approximate surface area is 122 Å². The van der Waals surface area contributed by atoms with E-state index in [2.05, 4.69) is 20.6 Å². The molecule has 1 aromatic heterocycles. The van der Waals surface area contributed by atoms with Crippen LogP contribution in [0, 0.1) is 5.92 Å². The number of ether oxygens (including phenoxy) is 1. The number of amides is 1. The quantitative estimate of drug-likeness (QED) is 0.895. The number of nitrogens with one attached hydrogen (secondary N) is 2. The molecule has 0 saturated carbocycles. The highest BCUT2D eigenvalue weighted by Gasteiger charge is 2.22. The number of hydrogen-bond acceptors (Lipinski definition) is 5. The second kappa shape index (κ2) is 6.32. The van der Waals surface area contributed by atoms with Crippen LogP contribution in [-0.4, -0.2) is 29.0 Å². The monoisotopic (exact) mass is 284 g/mol. The average molecular weight is 284 g/mol. The van der Waals surface area contributed by atoms with Gasteiger partial charge in [0.1, 0.15) is 5.75 Å². The maximum absolute atomic E-state index is 12.1. The van der Waals surface area contributed by atoms with E-state index in [-0.39, 0.29) is 11.8 Å². The first kappa shape index (κ1) is 13.5. The lowest BCUT2D eigenvalue weighted by Crippen LogP contribution is -2.24. The number of aromatic nitrogens is 2. The molecule has 2 heterocycles. The molecule has 2 aromatic rings. The Morgan fingerprint density at radius 2 is 2.33 bits per heavy atom. The summed E-state index contributed by atoms with van der Waals surface area (Å²) in [5.41, 5.74) is 0.716. The molecular formula is C15H16N4O2. The molecule has 0 bridgehead atoms. The van der Waals surface area contributed by atoms with Gasteiger partial charge in [-0.3, -0.25) is 9.78 Å². The summed E-state index contributed by atoms with van der Waals surface area (Å²) in [6, 6.07) is 7.24. The number of benzene rings is 1. The summed E-state index contributed by atoms with van der Waals surface area (Å²) in [6.07, 6.45) is 5.56. The molecule has 3 rings (SSSR count). The van der Waals surface area contributed by atoms with Gasteiger partial charge in [0, 0.05) is 30.7 Å². The second-order valence-corrected chi connectivity index (χ2v) is 4.85. The highest BCUT2D eigenvalue weighted by atomic mass is 16.5. The Bertz CT molecular complexity index is 612. The summed E-state index contributed by atoms with van der Waals surface area (Å²) in [5, 5.41) is 6.10. The van der Waals surface area contributed by atoms with Crippen molar-refractivity contribution in [2.45, 2.75) is 6.42 Å². The molecule has 0 radical (unpaired) electrons. The first-order valence-electron chi connectivity index (χ1n) is 6.87. The SMILES string of the molecule is O=C(Nc1cccc(Oc2cnccn2)c1)C1CCNC1. The molecule has 1 aliphatic heterocycles. The molecule has 108 valence electrons. The van der Waals surface area contributed by atoms with E-state index < -0.39 is 0 Å². The summed E-state index contributed by atoms with van der Waals surface area (Å²) in [5.74, 6) is 1.10. The molecule has 1 fully saturated rings. The number of nitrogens with zero attached hydrogens (tertiary/aromatic N) is 2. The molecule has 1 aromatic carbocycles. The molecule has 21 heavy (non-hydrogen) atoms. The first-order chi connectivity index (χ1) is 10.3. The van der Waals surface area contributed by atoms with Gasteiger partial charge in [-0.15, -0.1) is 0 Å². The molecule has 1 aliphatic rings. The van der Waals surface area contributed by atoms with Gasteiger partial charge in [0.15, 0.2) is 0 Å². The molecule has 1 unspecified atom stereocenters. The Morgan fingerprint density at radius 3 is 3.10 bits per heavy atom. The van der Waals surface area contributed by atoms with Gasteiger partial charge in [0.25, 0.3) is 0 Å². The zero-order chi connectivity index (χ0) is 14.5. The van der Waals surface area contributed by atoms with Crippen molar-refractivity contribution in [2.24, 2.45) is 5.92 Å². The highest BCUT2D eigenvalue weighted by Crippen LogP contribution is 2.22. The summed E-state index contributed by atoms with van der Waals surface area (Å²) >= 11 is 0. The van der Waals surface area contributed by atoms with E-state index in [0.29, 0.717) is 17.3 Å². The van der Waals surface area contributed by atoms with Crippen molar-refractivity contribution >= 4 is 11.6 Å². The Balaban J connectivity index is 1.66. The van der Waals surface area contributed by atoms with E-state index in [4.69, 9.17) is 4.74 Å². The lowest BCUT2D eigenvalue weighted by molar-refractivity contribution is -0.119. The number of rotatable bonds is 4. The Kier molecular flexibility index (Phi) is 4.07. The van der Waals surface area contributed by atoms with E-state index in [1.54, 1.807) is 18.5 Å². The molecule has 6 heteroatoms. The average Bonchev–Trinajstić information content (AvgIpc) is 3.03. The Hall–Kier alpha value is -2.47. The van der Waals surface area contributed by atoms with Crippen LogP contribution in [0.4, 0.5) is 5.69 Å². The Morgan fingerprint density at radius 1 is 1.38 bits per heavy atom. The lowest BCUT2D eigenvalue weighted by atomic mass is 10.1.